The molecule has 0 aliphatic carbocycles. The van der Waals surface area contributed by atoms with Gasteiger partial charge in [-0.25, -0.2) is 5.48 Å². The molecule has 0 aromatic heterocycles. The second-order valence-corrected chi connectivity index (χ2v) is 2.83. The molecule has 1 unspecified atom stereocenters. The third-order valence-corrected chi connectivity index (χ3v) is 1.61. The van der Waals surface area contributed by atoms with Crippen molar-refractivity contribution in [3.8, 4) is 0 Å². The summed E-state index contributed by atoms with van der Waals surface area (Å²) in [7, 11) is 0. The van der Waals surface area contributed by atoms with Crippen LogP contribution in [0.4, 0.5) is 0 Å². The average molecular weight is 180 g/mol. The Balaban J connectivity index is 2.20. The Hall–Kier alpha value is -0.900. The fourth-order valence-electron chi connectivity index (χ4n) is 0.931. The molecule has 0 spiro atoms. The van der Waals surface area contributed by atoms with Crippen molar-refractivity contribution in [1.29, 1.82) is 0 Å². The summed E-state index contributed by atoms with van der Waals surface area (Å²) in [5, 5.41) is 8.44. The second kappa shape index (κ2) is 5.70. The van der Waals surface area contributed by atoms with Gasteiger partial charge in [0.25, 0.3) is 0 Å². The van der Waals surface area contributed by atoms with Gasteiger partial charge in [-0.05, 0) is 12.5 Å². The van der Waals surface area contributed by atoms with E-state index in [1.165, 1.54) is 0 Å². The van der Waals surface area contributed by atoms with E-state index in [1.807, 2.05) is 35.8 Å². The Morgan fingerprint density at radius 2 is 2.08 bits per heavy atom. The van der Waals surface area contributed by atoms with Crippen molar-refractivity contribution in [1.82, 2.24) is 5.48 Å². The Morgan fingerprint density at radius 3 is 2.69 bits per heavy atom. The van der Waals surface area contributed by atoms with Gasteiger partial charge in [0.1, 0.15) is 0 Å². The molecule has 3 nitrogen and oxygen atoms in total. The topological polar surface area (TPSA) is 41.5 Å². The van der Waals surface area contributed by atoms with Gasteiger partial charge in [-0.2, -0.15) is 0 Å². The van der Waals surface area contributed by atoms with Crippen LogP contribution in [0.15, 0.2) is 30.3 Å². The number of hydrogen-bond donors (Lipinski definition) is 2. The van der Waals surface area contributed by atoms with Crippen LogP contribution >= 0.6 is 0 Å². The van der Waals surface area contributed by atoms with Gasteiger partial charge in [-0.1, -0.05) is 30.3 Å². The molecule has 71 valence electrons. The molecular weight excluding hydrogens is 166 g/mol. The minimum absolute atomic E-state index is 0.274. The third-order valence-electron chi connectivity index (χ3n) is 1.61. The number of hydrogen-bond acceptors (Lipinski definition) is 3. The monoisotopic (exact) mass is 180 g/mol. The predicted octanol–water partition coefficient (Wildman–Crippen LogP) is 1.38. The molecule has 1 atom stereocenters. The largest absolute Gasteiger partial charge is 0.375 e. The molecule has 0 aliphatic rings. The number of ether oxygens (including phenoxy) is 1. The van der Waals surface area contributed by atoms with Gasteiger partial charge in [-0.15, -0.1) is 0 Å². The first-order chi connectivity index (χ1) is 6.33. The van der Waals surface area contributed by atoms with Crippen molar-refractivity contribution in [2.24, 2.45) is 0 Å². The second-order valence-electron chi connectivity index (χ2n) is 2.83. The zero-order valence-electron chi connectivity index (χ0n) is 7.44. The number of nitrogens with one attached hydrogen (secondary N) is 1. The molecule has 1 aromatic rings. The molecule has 1 aromatic carbocycles. The van der Waals surface area contributed by atoms with Crippen molar-refractivity contribution in [3.05, 3.63) is 42.8 Å². The molecular formula is C10H14NO2. The Kier molecular flexibility index (Phi) is 4.46. The van der Waals surface area contributed by atoms with E-state index in [2.05, 4.69) is 6.92 Å². The van der Waals surface area contributed by atoms with E-state index in [0.29, 0.717) is 13.2 Å². The van der Waals surface area contributed by atoms with Crippen LogP contribution in [0.3, 0.4) is 0 Å². The SMILES string of the molecule is [CH2]C(COCc1ccccc1)NO. The van der Waals surface area contributed by atoms with Crippen LogP contribution in [0.25, 0.3) is 0 Å². The molecule has 1 radical (unpaired) electrons. The summed E-state index contributed by atoms with van der Waals surface area (Å²) in [6.45, 7) is 4.55. The molecule has 0 bridgehead atoms. The molecule has 0 fully saturated rings. The average Bonchev–Trinajstić information content (AvgIpc) is 2.19. The summed E-state index contributed by atoms with van der Waals surface area (Å²) in [5.74, 6) is 0. The van der Waals surface area contributed by atoms with Gasteiger partial charge in [0, 0.05) is 0 Å². The van der Waals surface area contributed by atoms with Crippen LogP contribution in [-0.2, 0) is 11.3 Å². The summed E-state index contributed by atoms with van der Waals surface area (Å²) in [4.78, 5) is 0. The van der Waals surface area contributed by atoms with Crippen LogP contribution in [0, 0.1) is 6.92 Å². The van der Waals surface area contributed by atoms with E-state index in [4.69, 9.17) is 9.94 Å². The highest BCUT2D eigenvalue weighted by molar-refractivity contribution is 5.13. The van der Waals surface area contributed by atoms with Crippen LogP contribution in [0.5, 0.6) is 0 Å². The van der Waals surface area contributed by atoms with Crippen molar-refractivity contribution < 1.29 is 9.94 Å². The van der Waals surface area contributed by atoms with Gasteiger partial charge in [0.15, 0.2) is 0 Å². The molecule has 0 aliphatic heterocycles. The lowest BCUT2D eigenvalue weighted by Gasteiger charge is -2.09. The van der Waals surface area contributed by atoms with Crippen molar-refractivity contribution in [2.45, 2.75) is 12.6 Å². The maximum absolute atomic E-state index is 8.44. The Labute approximate surface area is 78.3 Å². The quantitative estimate of drug-likeness (QED) is 0.673. The molecule has 0 heterocycles. The zero-order valence-corrected chi connectivity index (χ0v) is 7.44. The number of hydroxylamine groups is 1. The highest BCUT2D eigenvalue weighted by Crippen LogP contribution is 2.00. The maximum Gasteiger partial charge on any atom is 0.0717 e. The highest BCUT2D eigenvalue weighted by atomic mass is 16.5. The third kappa shape index (κ3) is 4.03. The van der Waals surface area contributed by atoms with Crippen LogP contribution in [0.2, 0.25) is 0 Å². The molecule has 0 amide bonds. The molecule has 1 rings (SSSR count). The highest BCUT2D eigenvalue weighted by Gasteiger charge is 1.98. The lowest BCUT2D eigenvalue weighted by molar-refractivity contribution is 0.0574. The fourth-order valence-corrected chi connectivity index (χ4v) is 0.931. The fraction of sp³-hybridized carbons (Fsp3) is 0.300. The Bertz CT molecular complexity index is 226. The first kappa shape index (κ1) is 10.2. The summed E-state index contributed by atoms with van der Waals surface area (Å²) in [5.41, 5.74) is 3.13. The molecule has 2 N–H and O–H groups in total. The van der Waals surface area contributed by atoms with Crippen molar-refractivity contribution in [2.75, 3.05) is 6.61 Å². The van der Waals surface area contributed by atoms with E-state index in [9.17, 15) is 0 Å². The molecule has 3 heteroatoms. The van der Waals surface area contributed by atoms with Crippen molar-refractivity contribution >= 4 is 0 Å². The molecule has 0 saturated heterocycles. The van der Waals surface area contributed by atoms with Crippen LogP contribution in [0.1, 0.15) is 5.56 Å². The summed E-state index contributed by atoms with van der Waals surface area (Å²) in [6, 6.07) is 9.59. The van der Waals surface area contributed by atoms with E-state index >= 15 is 0 Å². The van der Waals surface area contributed by atoms with Gasteiger partial charge < -0.3 is 9.94 Å². The first-order valence-electron chi connectivity index (χ1n) is 4.17. The lowest BCUT2D eigenvalue weighted by atomic mass is 10.2. The molecule has 0 saturated carbocycles. The van der Waals surface area contributed by atoms with E-state index < -0.39 is 0 Å². The van der Waals surface area contributed by atoms with E-state index in [-0.39, 0.29) is 6.04 Å². The number of rotatable bonds is 5. The van der Waals surface area contributed by atoms with Crippen LogP contribution in [-0.4, -0.2) is 17.9 Å². The first-order valence-corrected chi connectivity index (χ1v) is 4.17. The van der Waals surface area contributed by atoms with Gasteiger partial charge >= 0.3 is 0 Å². The van der Waals surface area contributed by atoms with Crippen molar-refractivity contribution in [3.63, 3.8) is 0 Å². The zero-order chi connectivity index (χ0) is 9.52. The van der Waals surface area contributed by atoms with Crippen LogP contribution < -0.4 is 5.48 Å². The Morgan fingerprint density at radius 1 is 1.38 bits per heavy atom. The standard InChI is InChI=1S/C10H14NO2/c1-9(11-12)7-13-8-10-5-3-2-4-6-10/h2-6,9,11-12H,1,7-8H2. The van der Waals surface area contributed by atoms with E-state index in [1.54, 1.807) is 0 Å². The van der Waals surface area contributed by atoms with Gasteiger partial charge in [0.2, 0.25) is 0 Å². The maximum atomic E-state index is 8.44. The minimum atomic E-state index is -0.274. The lowest BCUT2D eigenvalue weighted by Crippen LogP contribution is -2.27. The van der Waals surface area contributed by atoms with E-state index in [0.717, 1.165) is 5.56 Å². The summed E-state index contributed by atoms with van der Waals surface area (Å²) < 4.78 is 5.29. The predicted molar refractivity (Wildman–Crippen MR) is 50.2 cm³/mol. The van der Waals surface area contributed by atoms with Gasteiger partial charge in [-0.3, -0.25) is 0 Å². The smallest absolute Gasteiger partial charge is 0.0717 e. The summed E-state index contributed by atoms with van der Waals surface area (Å²) in [6.07, 6.45) is 0. The van der Waals surface area contributed by atoms with Gasteiger partial charge in [0.05, 0.1) is 19.3 Å². The normalized spacial score (nSPS) is 12.8. The minimum Gasteiger partial charge on any atom is -0.375 e. The number of benzene rings is 1. The molecule has 13 heavy (non-hydrogen) atoms. The summed E-state index contributed by atoms with van der Waals surface area (Å²) >= 11 is 0.